The summed E-state index contributed by atoms with van der Waals surface area (Å²) in [5, 5.41) is 3.21. The number of carbonyl (C=O) groups excluding carboxylic acids is 1. The van der Waals surface area contributed by atoms with Crippen molar-refractivity contribution in [2.45, 2.75) is 45.1 Å². The fourth-order valence-corrected chi connectivity index (χ4v) is 4.83. The Morgan fingerprint density at radius 1 is 1.00 bits per heavy atom. The van der Waals surface area contributed by atoms with E-state index >= 15 is 0 Å². The smallest absolute Gasteiger partial charge is 0.255 e. The summed E-state index contributed by atoms with van der Waals surface area (Å²) >= 11 is 0. The number of piperidine rings is 1. The number of halogens is 1. The predicted molar refractivity (Wildman–Crippen MR) is 116 cm³/mol. The molecular weight excluding hydrogens is 379 g/mol. The lowest BCUT2D eigenvalue weighted by atomic mass is 9.75. The van der Waals surface area contributed by atoms with E-state index in [9.17, 15) is 9.18 Å². The van der Waals surface area contributed by atoms with Crippen molar-refractivity contribution >= 4 is 5.91 Å². The molecular formula is C25H31FN2O2. The number of nitrogens with one attached hydrogen (secondary N) is 1. The summed E-state index contributed by atoms with van der Waals surface area (Å²) in [4.78, 5) is 15.4. The first-order valence-corrected chi connectivity index (χ1v) is 11.1. The monoisotopic (exact) mass is 410 g/mol. The van der Waals surface area contributed by atoms with Crippen LogP contribution in [-0.2, 0) is 6.54 Å². The molecule has 0 aromatic heterocycles. The van der Waals surface area contributed by atoms with Crippen LogP contribution < -0.4 is 10.1 Å². The number of fused-ring (bicyclic) bond motifs is 1. The molecule has 0 aliphatic carbocycles. The Labute approximate surface area is 178 Å². The molecule has 160 valence electrons. The van der Waals surface area contributed by atoms with Gasteiger partial charge in [-0.15, -0.1) is 0 Å². The zero-order chi connectivity index (χ0) is 20.8. The van der Waals surface area contributed by atoms with Crippen LogP contribution in [0.4, 0.5) is 4.39 Å². The number of benzene rings is 2. The summed E-state index contributed by atoms with van der Waals surface area (Å²) in [7, 11) is 0. The van der Waals surface area contributed by atoms with Gasteiger partial charge in [-0.3, -0.25) is 9.69 Å². The summed E-state index contributed by atoms with van der Waals surface area (Å²) in [6.07, 6.45) is 6.64. The van der Waals surface area contributed by atoms with Crippen LogP contribution in [0.15, 0.2) is 48.5 Å². The first-order valence-electron chi connectivity index (χ1n) is 11.1. The number of para-hydroxylation sites is 1. The second-order valence-corrected chi connectivity index (χ2v) is 8.78. The highest BCUT2D eigenvalue weighted by Gasteiger charge is 2.35. The van der Waals surface area contributed by atoms with Gasteiger partial charge in [0.2, 0.25) is 0 Å². The van der Waals surface area contributed by atoms with Gasteiger partial charge in [-0.25, -0.2) is 4.39 Å². The molecule has 1 unspecified atom stereocenters. The van der Waals surface area contributed by atoms with E-state index < -0.39 is 0 Å². The van der Waals surface area contributed by atoms with E-state index in [-0.39, 0.29) is 17.1 Å². The first-order chi connectivity index (χ1) is 14.6. The third-order valence-corrected chi connectivity index (χ3v) is 6.42. The third-order valence-electron chi connectivity index (χ3n) is 6.42. The summed E-state index contributed by atoms with van der Waals surface area (Å²) in [6, 6.07) is 14.3. The summed E-state index contributed by atoms with van der Waals surface area (Å²) in [5.74, 6) is 0.424. The van der Waals surface area contributed by atoms with Crippen molar-refractivity contribution in [3.63, 3.8) is 0 Å². The number of hydrogen-bond donors (Lipinski definition) is 1. The van der Waals surface area contributed by atoms with Crippen molar-refractivity contribution in [2.75, 3.05) is 26.2 Å². The number of nitrogens with zero attached hydrogens (tertiary/aromatic N) is 1. The first kappa shape index (κ1) is 20.9. The summed E-state index contributed by atoms with van der Waals surface area (Å²) in [6.45, 7) is 4.16. The van der Waals surface area contributed by atoms with Crippen molar-refractivity contribution in [1.82, 2.24) is 10.2 Å². The maximum absolute atomic E-state index is 13.2. The molecule has 0 bridgehead atoms. The van der Waals surface area contributed by atoms with E-state index in [0.717, 1.165) is 63.7 Å². The van der Waals surface area contributed by atoms with Gasteiger partial charge in [0.1, 0.15) is 11.6 Å². The van der Waals surface area contributed by atoms with Gasteiger partial charge in [0.05, 0.1) is 12.2 Å². The Hall–Kier alpha value is -2.40. The SMILES string of the molecule is O=C1NCC2(CCCCCOc3ccccc31)CCCN(Cc1ccc(F)cc1)C2. The standard InChI is InChI=1S/C25H31FN2O2/c26-21-11-9-20(10-12-21)17-28-15-6-14-25(19-28)13-4-1-5-16-30-23-8-3-2-7-22(23)24(29)27-18-25/h2-3,7-12H,1,4-6,13-19H2,(H,27,29). The highest BCUT2D eigenvalue weighted by molar-refractivity contribution is 5.96. The minimum absolute atomic E-state index is 0.0544. The minimum Gasteiger partial charge on any atom is -0.493 e. The lowest BCUT2D eigenvalue weighted by Gasteiger charge is -2.43. The number of ether oxygens (including phenoxy) is 1. The van der Waals surface area contributed by atoms with Gasteiger partial charge in [-0.2, -0.15) is 0 Å². The third kappa shape index (κ3) is 5.20. The maximum Gasteiger partial charge on any atom is 0.255 e. The molecule has 30 heavy (non-hydrogen) atoms. The lowest BCUT2D eigenvalue weighted by Crippen LogP contribution is -2.49. The number of carbonyl (C=O) groups is 1. The van der Waals surface area contributed by atoms with Gasteiger partial charge in [-0.1, -0.05) is 37.1 Å². The van der Waals surface area contributed by atoms with Crippen molar-refractivity contribution in [2.24, 2.45) is 5.41 Å². The summed E-state index contributed by atoms with van der Waals surface area (Å²) < 4.78 is 19.1. The van der Waals surface area contributed by atoms with E-state index in [4.69, 9.17) is 4.74 Å². The van der Waals surface area contributed by atoms with Crippen LogP contribution in [0, 0.1) is 11.2 Å². The molecule has 1 saturated heterocycles. The molecule has 0 radical (unpaired) electrons. The van der Waals surface area contributed by atoms with E-state index in [1.807, 2.05) is 36.4 Å². The normalized spacial score (nSPS) is 23.6. The van der Waals surface area contributed by atoms with Gasteiger partial charge >= 0.3 is 0 Å². The molecule has 2 aromatic carbocycles. The molecule has 2 aliphatic heterocycles. The van der Waals surface area contributed by atoms with Crippen LogP contribution in [-0.4, -0.2) is 37.0 Å². The van der Waals surface area contributed by atoms with Crippen molar-refractivity contribution < 1.29 is 13.9 Å². The number of rotatable bonds is 2. The maximum atomic E-state index is 13.2. The van der Waals surface area contributed by atoms with Gasteiger partial charge in [0.15, 0.2) is 0 Å². The van der Waals surface area contributed by atoms with Crippen LogP contribution in [0.1, 0.15) is 54.4 Å². The van der Waals surface area contributed by atoms with E-state index in [1.165, 1.54) is 12.1 Å². The van der Waals surface area contributed by atoms with Crippen LogP contribution in [0.5, 0.6) is 5.75 Å². The van der Waals surface area contributed by atoms with Crippen molar-refractivity contribution in [3.05, 3.63) is 65.5 Å². The molecule has 2 heterocycles. The predicted octanol–water partition coefficient (Wildman–Crippen LogP) is 4.79. The Bertz CT molecular complexity index is 854. The molecule has 2 aliphatic rings. The average molecular weight is 411 g/mol. The molecule has 1 atom stereocenters. The molecule has 4 rings (SSSR count). The Kier molecular flexibility index (Phi) is 6.68. The minimum atomic E-state index is -0.194. The molecule has 1 amide bonds. The van der Waals surface area contributed by atoms with Crippen LogP contribution in [0.2, 0.25) is 0 Å². The number of amides is 1. The number of likely N-dealkylation sites (tertiary alicyclic amines) is 1. The Balaban J connectivity index is 1.48. The zero-order valence-corrected chi connectivity index (χ0v) is 17.5. The van der Waals surface area contributed by atoms with Crippen LogP contribution in [0.25, 0.3) is 0 Å². The highest BCUT2D eigenvalue weighted by atomic mass is 19.1. The second-order valence-electron chi connectivity index (χ2n) is 8.78. The van der Waals surface area contributed by atoms with Crippen molar-refractivity contribution in [1.29, 1.82) is 0 Å². The van der Waals surface area contributed by atoms with Crippen LogP contribution in [0.3, 0.4) is 0 Å². The van der Waals surface area contributed by atoms with Gasteiger partial charge in [0.25, 0.3) is 5.91 Å². The largest absolute Gasteiger partial charge is 0.493 e. The number of hydrogen-bond acceptors (Lipinski definition) is 3. The molecule has 1 spiro atoms. The average Bonchev–Trinajstić information content (AvgIpc) is 2.76. The highest BCUT2D eigenvalue weighted by Crippen LogP contribution is 2.36. The van der Waals surface area contributed by atoms with E-state index in [0.29, 0.717) is 24.5 Å². The molecule has 2 aromatic rings. The fraction of sp³-hybridized carbons (Fsp3) is 0.480. The van der Waals surface area contributed by atoms with E-state index in [1.54, 1.807) is 0 Å². The molecule has 1 N–H and O–H groups in total. The summed E-state index contributed by atoms with van der Waals surface area (Å²) in [5.41, 5.74) is 1.84. The topological polar surface area (TPSA) is 41.6 Å². The fourth-order valence-electron chi connectivity index (χ4n) is 4.83. The molecule has 4 nitrogen and oxygen atoms in total. The molecule has 5 heteroatoms. The Morgan fingerprint density at radius 2 is 1.80 bits per heavy atom. The second kappa shape index (κ2) is 9.61. The van der Waals surface area contributed by atoms with Crippen molar-refractivity contribution in [3.8, 4) is 5.75 Å². The van der Waals surface area contributed by atoms with Gasteiger partial charge in [-0.05, 0) is 62.1 Å². The van der Waals surface area contributed by atoms with Gasteiger partial charge < -0.3 is 10.1 Å². The van der Waals surface area contributed by atoms with Gasteiger partial charge in [0, 0.05) is 25.0 Å². The molecule has 0 saturated carbocycles. The van der Waals surface area contributed by atoms with Crippen LogP contribution >= 0.6 is 0 Å². The zero-order valence-electron chi connectivity index (χ0n) is 17.5. The quantitative estimate of drug-likeness (QED) is 0.774. The molecule has 1 fully saturated rings. The Morgan fingerprint density at radius 3 is 2.67 bits per heavy atom. The van der Waals surface area contributed by atoms with E-state index in [2.05, 4.69) is 10.2 Å². The lowest BCUT2D eigenvalue weighted by molar-refractivity contribution is 0.0644.